The molecule has 13 rings (SSSR count). The Hall–Kier alpha value is -9.25. The van der Waals surface area contributed by atoms with Gasteiger partial charge in [0.25, 0.3) is 0 Å². The van der Waals surface area contributed by atoms with E-state index in [2.05, 4.69) is 169 Å². The summed E-state index contributed by atoms with van der Waals surface area (Å²) < 4.78 is 24.0. The summed E-state index contributed by atoms with van der Waals surface area (Å²) >= 11 is 0. The highest BCUT2D eigenvalue weighted by Crippen LogP contribution is 2.52. The topological polar surface area (TPSA) is 15.7 Å². The van der Waals surface area contributed by atoms with Crippen molar-refractivity contribution in [3.63, 3.8) is 0 Å². The fraction of sp³-hybridized carbons (Fsp3) is 0. The minimum Gasteiger partial charge on any atom is -0.456 e. The van der Waals surface area contributed by atoms with Gasteiger partial charge < -0.3 is 14.5 Å². The highest BCUT2D eigenvalue weighted by atomic mass is 19.1. The molecule has 0 fully saturated rings. The number of hydrogen-bond donors (Lipinski definition) is 0. The third kappa shape index (κ3) is 7.05. The number of rotatable bonds is 9. The molecule has 0 aliphatic carbocycles. The van der Waals surface area contributed by atoms with Crippen LogP contribution in [0.15, 0.2) is 261 Å². The molecule has 0 unspecified atom stereocenters. The van der Waals surface area contributed by atoms with Gasteiger partial charge >= 0.3 is 0 Å². The van der Waals surface area contributed by atoms with Crippen LogP contribution in [0, 0.1) is 5.82 Å². The Kier molecular flexibility index (Phi) is 10.0. The average Bonchev–Trinajstić information content (AvgIpc) is 3.43. The number of fused-ring (bicyclic) bond motifs is 6. The monoisotopic (exact) mass is 898 g/mol. The first kappa shape index (κ1) is 41.0. The van der Waals surface area contributed by atoms with Crippen LogP contribution in [-0.4, -0.2) is 0 Å². The van der Waals surface area contributed by atoms with Crippen molar-refractivity contribution in [1.82, 2.24) is 0 Å². The van der Waals surface area contributed by atoms with E-state index in [1.807, 2.05) is 95.9 Å². The fourth-order valence-corrected chi connectivity index (χ4v) is 10.4. The van der Waals surface area contributed by atoms with E-state index in [1.54, 1.807) is 6.07 Å². The first-order chi connectivity index (χ1) is 34.6. The summed E-state index contributed by atoms with van der Waals surface area (Å²) in [6.45, 7) is 0. The molecule has 0 atom stereocenters. The van der Waals surface area contributed by atoms with Crippen molar-refractivity contribution in [2.75, 3.05) is 9.80 Å². The Morgan fingerprint density at radius 3 is 1.46 bits per heavy atom. The van der Waals surface area contributed by atoms with Crippen LogP contribution < -0.4 is 14.5 Å². The maximum absolute atomic E-state index is 17.1. The molecule has 12 aromatic carbocycles. The summed E-state index contributed by atoms with van der Waals surface area (Å²) in [6.07, 6.45) is 0. The number of nitrogens with zero attached hydrogens (tertiary/aromatic N) is 2. The van der Waals surface area contributed by atoms with Crippen LogP contribution in [0.1, 0.15) is 0 Å². The summed E-state index contributed by atoms with van der Waals surface area (Å²) in [6, 6.07) is 89.9. The first-order valence-corrected chi connectivity index (χ1v) is 23.7. The van der Waals surface area contributed by atoms with Gasteiger partial charge in [-0.1, -0.05) is 170 Å². The van der Waals surface area contributed by atoms with Gasteiger partial charge in [-0.2, -0.15) is 0 Å². The maximum atomic E-state index is 17.1. The second-order valence-corrected chi connectivity index (χ2v) is 17.8. The predicted molar refractivity (Wildman–Crippen MR) is 290 cm³/mol. The van der Waals surface area contributed by atoms with Gasteiger partial charge in [-0.25, -0.2) is 4.39 Å². The Morgan fingerprint density at radius 2 is 0.800 bits per heavy atom. The summed E-state index contributed by atoms with van der Waals surface area (Å²) in [4.78, 5) is 4.39. The average molecular weight is 899 g/mol. The Balaban J connectivity index is 0.914. The van der Waals surface area contributed by atoms with E-state index >= 15 is 4.39 Å². The molecule has 0 saturated carbocycles. The number of para-hydroxylation sites is 3. The van der Waals surface area contributed by atoms with Crippen LogP contribution in [0.2, 0.25) is 0 Å². The molecule has 330 valence electrons. The largest absolute Gasteiger partial charge is 0.456 e. The zero-order chi connectivity index (χ0) is 46.5. The van der Waals surface area contributed by atoms with Crippen LogP contribution in [-0.2, 0) is 0 Å². The Labute approximate surface area is 406 Å². The van der Waals surface area contributed by atoms with Crippen molar-refractivity contribution in [2.24, 2.45) is 0 Å². The van der Waals surface area contributed by atoms with Crippen molar-refractivity contribution in [1.29, 1.82) is 0 Å². The molecule has 4 heteroatoms. The quantitative estimate of drug-likeness (QED) is 0.134. The first-order valence-electron chi connectivity index (χ1n) is 23.7. The lowest BCUT2D eigenvalue weighted by atomic mass is 9.87. The summed E-state index contributed by atoms with van der Waals surface area (Å²) in [5, 5.41) is 6.97. The Bertz CT molecular complexity index is 3860. The van der Waals surface area contributed by atoms with Crippen LogP contribution in [0.4, 0.5) is 38.5 Å². The van der Waals surface area contributed by atoms with Gasteiger partial charge in [0.15, 0.2) is 0 Å². The SMILES string of the molecule is Fc1cc(-c2ccccc2)cc(-c2ccccc2)c1N(c1ccccc1)c1ccc(-c2ccc3c(c2)Oc2cccc4c2c-3cc2c3ccccc3c(N(c3ccccc3)c3ccccc3)cc42)cc1. The second-order valence-electron chi connectivity index (χ2n) is 17.8. The molecule has 1 aliphatic heterocycles. The second kappa shape index (κ2) is 17.1. The van der Waals surface area contributed by atoms with Crippen molar-refractivity contribution in [3.8, 4) is 56.0 Å². The minimum absolute atomic E-state index is 0.308. The molecule has 1 aliphatic rings. The maximum Gasteiger partial charge on any atom is 0.148 e. The zero-order valence-corrected chi connectivity index (χ0v) is 38.0. The zero-order valence-electron chi connectivity index (χ0n) is 38.0. The van der Waals surface area contributed by atoms with Crippen molar-refractivity contribution in [2.45, 2.75) is 0 Å². The van der Waals surface area contributed by atoms with Crippen LogP contribution in [0.25, 0.3) is 76.8 Å². The van der Waals surface area contributed by atoms with Crippen molar-refractivity contribution >= 4 is 66.4 Å². The summed E-state index contributed by atoms with van der Waals surface area (Å²) in [5.74, 6) is 1.33. The van der Waals surface area contributed by atoms with Crippen molar-refractivity contribution in [3.05, 3.63) is 267 Å². The molecular weight excluding hydrogens is 856 g/mol. The summed E-state index contributed by atoms with van der Waals surface area (Å²) in [5.41, 5.74) is 13.2. The molecule has 0 bridgehead atoms. The number of hydrogen-bond acceptors (Lipinski definition) is 3. The molecule has 3 nitrogen and oxygen atoms in total. The fourth-order valence-electron chi connectivity index (χ4n) is 10.4. The van der Waals surface area contributed by atoms with Crippen LogP contribution in [0.5, 0.6) is 11.5 Å². The van der Waals surface area contributed by atoms with Gasteiger partial charge in [0.2, 0.25) is 0 Å². The molecule has 0 radical (unpaired) electrons. The molecular formula is C66H43FN2O. The molecule has 0 N–H and O–H groups in total. The highest BCUT2D eigenvalue weighted by Gasteiger charge is 2.26. The van der Waals surface area contributed by atoms with Crippen LogP contribution >= 0.6 is 0 Å². The number of anilines is 6. The highest BCUT2D eigenvalue weighted by molar-refractivity contribution is 6.25. The molecule has 1 heterocycles. The lowest BCUT2D eigenvalue weighted by Crippen LogP contribution is -2.13. The smallest absolute Gasteiger partial charge is 0.148 e. The van der Waals surface area contributed by atoms with E-state index in [1.165, 1.54) is 21.5 Å². The number of ether oxygens (including phenoxy) is 1. The van der Waals surface area contributed by atoms with E-state index in [0.29, 0.717) is 5.69 Å². The van der Waals surface area contributed by atoms with E-state index in [0.717, 1.165) is 95.2 Å². The van der Waals surface area contributed by atoms with E-state index in [-0.39, 0.29) is 5.82 Å². The van der Waals surface area contributed by atoms with Crippen LogP contribution in [0.3, 0.4) is 0 Å². The van der Waals surface area contributed by atoms with Gasteiger partial charge in [0.1, 0.15) is 17.3 Å². The number of halogens is 1. The van der Waals surface area contributed by atoms with E-state index < -0.39 is 0 Å². The molecule has 0 amide bonds. The van der Waals surface area contributed by atoms with Gasteiger partial charge in [-0.05, 0) is 146 Å². The third-order valence-corrected chi connectivity index (χ3v) is 13.7. The molecule has 0 spiro atoms. The van der Waals surface area contributed by atoms with Crippen molar-refractivity contribution < 1.29 is 9.13 Å². The van der Waals surface area contributed by atoms with Gasteiger partial charge in [0.05, 0.1) is 11.4 Å². The Morgan fingerprint density at radius 1 is 0.286 bits per heavy atom. The predicted octanol–water partition coefficient (Wildman–Crippen LogP) is 19.0. The lowest BCUT2D eigenvalue weighted by Gasteiger charge is -2.29. The van der Waals surface area contributed by atoms with Gasteiger partial charge in [0, 0.05) is 44.6 Å². The van der Waals surface area contributed by atoms with E-state index in [9.17, 15) is 0 Å². The van der Waals surface area contributed by atoms with Gasteiger partial charge in [-0.3, -0.25) is 0 Å². The molecule has 12 aromatic rings. The number of benzene rings is 12. The normalized spacial score (nSPS) is 11.6. The standard InChI is InChI=1S/C66H43FN2O/c67-61-40-48(44-19-6-1-7-20-44)39-57(46-21-8-2-9-22-46)66(61)69(51-27-14-5-15-28-51)52-36-33-45(34-37-52)47-35-38-55-60-42-58-53-29-16-17-30-54(53)62(68(49-23-10-3-11-24-49)50-25-12-4-13-26-50)43-59(58)56-31-18-32-63(65(56)60)70-64(55)41-47/h1-43H. The lowest BCUT2D eigenvalue weighted by molar-refractivity contribution is 0.487. The molecule has 70 heavy (non-hydrogen) atoms. The third-order valence-electron chi connectivity index (χ3n) is 13.7. The molecule has 0 aromatic heterocycles. The van der Waals surface area contributed by atoms with Gasteiger partial charge in [-0.15, -0.1) is 0 Å². The summed E-state index contributed by atoms with van der Waals surface area (Å²) in [7, 11) is 0. The van der Waals surface area contributed by atoms with E-state index in [4.69, 9.17) is 4.74 Å². The minimum atomic E-state index is -0.308. The molecule has 0 saturated heterocycles.